The molecule has 1 aromatic heterocycles. The number of nitrogens with zero attached hydrogens (tertiary/aromatic N) is 1. The van der Waals surface area contributed by atoms with Crippen LogP contribution in [0.4, 0.5) is 11.5 Å². The van der Waals surface area contributed by atoms with Gasteiger partial charge in [-0.15, -0.1) is 0 Å². The number of rotatable bonds is 2. The van der Waals surface area contributed by atoms with Gasteiger partial charge in [-0.1, -0.05) is 23.8 Å². The Morgan fingerprint density at radius 3 is 2.09 bits per heavy atom. The van der Waals surface area contributed by atoms with Gasteiger partial charge in [-0.25, -0.2) is 4.98 Å². The summed E-state index contributed by atoms with van der Waals surface area (Å²) < 4.78 is 0. The van der Waals surface area contributed by atoms with E-state index in [1.807, 2.05) is 45.9 Å². The predicted octanol–water partition coefficient (Wildman–Crippen LogP) is 2.89. The average molecular weight is 297 g/mol. The molecule has 0 spiro atoms. The van der Waals surface area contributed by atoms with Crippen molar-refractivity contribution in [1.82, 2.24) is 4.98 Å². The molecule has 114 valence electrons. The maximum atomic E-state index is 12.0. The molecule has 22 heavy (non-hydrogen) atoms. The number of amides is 2. The zero-order chi connectivity index (χ0) is 16.3. The Hall–Kier alpha value is -2.69. The van der Waals surface area contributed by atoms with Crippen LogP contribution in [0, 0.1) is 27.7 Å². The monoisotopic (exact) mass is 297 g/mol. The quantitative estimate of drug-likeness (QED) is 0.837. The van der Waals surface area contributed by atoms with E-state index in [1.165, 1.54) is 0 Å². The second-order valence-electron chi connectivity index (χ2n) is 5.35. The summed E-state index contributed by atoms with van der Waals surface area (Å²) in [7, 11) is 0. The lowest BCUT2D eigenvalue weighted by atomic mass is 10.1. The number of carbonyl (C=O) groups excluding carboxylic acids is 2. The molecule has 0 radical (unpaired) electrons. The van der Waals surface area contributed by atoms with Crippen LogP contribution in [-0.2, 0) is 9.59 Å². The van der Waals surface area contributed by atoms with Crippen molar-refractivity contribution in [2.45, 2.75) is 27.7 Å². The lowest BCUT2D eigenvalue weighted by Gasteiger charge is -2.12. The number of pyridine rings is 1. The van der Waals surface area contributed by atoms with Crippen molar-refractivity contribution in [3.05, 3.63) is 52.7 Å². The smallest absolute Gasteiger partial charge is 0.315 e. The summed E-state index contributed by atoms with van der Waals surface area (Å²) in [4.78, 5) is 28.1. The predicted molar refractivity (Wildman–Crippen MR) is 86.9 cm³/mol. The molecular formula is C17H19N3O2. The van der Waals surface area contributed by atoms with Gasteiger partial charge >= 0.3 is 11.8 Å². The first-order valence-corrected chi connectivity index (χ1v) is 7.00. The Morgan fingerprint density at radius 2 is 1.50 bits per heavy atom. The molecule has 1 heterocycles. The van der Waals surface area contributed by atoms with Crippen LogP contribution in [0.15, 0.2) is 30.3 Å². The van der Waals surface area contributed by atoms with E-state index < -0.39 is 11.8 Å². The van der Waals surface area contributed by atoms with Crippen LogP contribution in [0.3, 0.4) is 0 Å². The van der Waals surface area contributed by atoms with Crippen molar-refractivity contribution < 1.29 is 9.59 Å². The maximum absolute atomic E-state index is 12.0. The summed E-state index contributed by atoms with van der Waals surface area (Å²) >= 11 is 0. The number of hydrogen-bond donors (Lipinski definition) is 2. The SMILES string of the molecule is Cc1cc(C)c(NC(=O)C(=O)Nc2cccc(C)n2)c(C)c1. The van der Waals surface area contributed by atoms with Gasteiger partial charge in [0.2, 0.25) is 0 Å². The van der Waals surface area contributed by atoms with E-state index in [9.17, 15) is 9.59 Å². The summed E-state index contributed by atoms with van der Waals surface area (Å²) in [6.07, 6.45) is 0. The van der Waals surface area contributed by atoms with Gasteiger partial charge in [0.15, 0.2) is 0 Å². The van der Waals surface area contributed by atoms with Crippen LogP contribution in [0.5, 0.6) is 0 Å². The minimum atomic E-state index is -0.738. The minimum absolute atomic E-state index is 0.359. The fraction of sp³-hybridized carbons (Fsp3) is 0.235. The number of hydrogen-bond acceptors (Lipinski definition) is 3. The molecule has 5 nitrogen and oxygen atoms in total. The lowest BCUT2D eigenvalue weighted by molar-refractivity contribution is -0.133. The maximum Gasteiger partial charge on any atom is 0.315 e. The zero-order valence-electron chi connectivity index (χ0n) is 13.2. The van der Waals surface area contributed by atoms with Crippen LogP contribution in [0.2, 0.25) is 0 Å². The summed E-state index contributed by atoms with van der Waals surface area (Å²) in [5.41, 5.74) is 4.40. The Morgan fingerprint density at radius 1 is 0.909 bits per heavy atom. The summed E-state index contributed by atoms with van der Waals surface area (Å²) in [6, 6.07) is 9.14. The topological polar surface area (TPSA) is 71.1 Å². The standard InChI is InChI=1S/C17H19N3O2/c1-10-8-11(2)15(12(3)9-10)20-17(22)16(21)19-14-7-5-6-13(4)18-14/h5-9H,1-4H3,(H,20,22)(H,18,19,21). The molecule has 2 amide bonds. The zero-order valence-corrected chi connectivity index (χ0v) is 13.2. The molecule has 0 saturated carbocycles. The third-order valence-electron chi connectivity index (χ3n) is 3.25. The normalized spacial score (nSPS) is 10.2. The lowest BCUT2D eigenvalue weighted by Crippen LogP contribution is -2.30. The molecule has 5 heteroatoms. The molecule has 0 aliphatic carbocycles. The van der Waals surface area contributed by atoms with Gasteiger partial charge in [-0.05, 0) is 51.0 Å². The van der Waals surface area contributed by atoms with E-state index >= 15 is 0 Å². The van der Waals surface area contributed by atoms with Gasteiger partial charge < -0.3 is 10.6 Å². The van der Waals surface area contributed by atoms with Crippen molar-refractivity contribution in [2.24, 2.45) is 0 Å². The number of aryl methyl sites for hydroxylation is 4. The highest BCUT2D eigenvalue weighted by Gasteiger charge is 2.16. The molecule has 0 atom stereocenters. The van der Waals surface area contributed by atoms with E-state index in [0.29, 0.717) is 11.5 Å². The van der Waals surface area contributed by atoms with Gasteiger partial charge in [0, 0.05) is 11.4 Å². The second kappa shape index (κ2) is 6.39. The summed E-state index contributed by atoms with van der Waals surface area (Å²) in [5.74, 6) is -1.09. The van der Waals surface area contributed by atoms with Crippen molar-refractivity contribution in [2.75, 3.05) is 10.6 Å². The van der Waals surface area contributed by atoms with E-state index in [1.54, 1.807) is 12.1 Å². The molecule has 0 saturated heterocycles. The third-order valence-corrected chi connectivity index (χ3v) is 3.25. The van der Waals surface area contributed by atoms with E-state index in [-0.39, 0.29) is 0 Å². The molecule has 0 bridgehead atoms. The van der Waals surface area contributed by atoms with E-state index in [4.69, 9.17) is 0 Å². The molecule has 0 aliphatic rings. The molecule has 0 fully saturated rings. The molecular weight excluding hydrogens is 278 g/mol. The summed E-state index contributed by atoms with van der Waals surface area (Å²) in [5, 5.41) is 5.15. The van der Waals surface area contributed by atoms with E-state index in [2.05, 4.69) is 15.6 Å². The Bertz CT molecular complexity index is 715. The van der Waals surface area contributed by atoms with Gasteiger partial charge in [-0.3, -0.25) is 9.59 Å². The number of carbonyl (C=O) groups is 2. The summed E-state index contributed by atoms with van der Waals surface area (Å²) in [6.45, 7) is 7.60. The van der Waals surface area contributed by atoms with Gasteiger partial charge in [0.05, 0.1) is 0 Å². The highest BCUT2D eigenvalue weighted by atomic mass is 16.2. The first kappa shape index (κ1) is 15.7. The molecule has 0 unspecified atom stereocenters. The Kier molecular flexibility index (Phi) is 4.56. The number of nitrogens with one attached hydrogen (secondary N) is 2. The van der Waals surface area contributed by atoms with Crippen molar-refractivity contribution in [1.29, 1.82) is 0 Å². The van der Waals surface area contributed by atoms with Crippen LogP contribution in [-0.4, -0.2) is 16.8 Å². The van der Waals surface area contributed by atoms with Gasteiger partial charge in [0.1, 0.15) is 5.82 Å². The van der Waals surface area contributed by atoms with Crippen LogP contribution < -0.4 is 10.6 Å². The fourth-order valence-corrected chi connectivity index (χ4v) is 2.33. The Balaban J connectivity index is 2.11. The number of aromatic nitrogens is 1. The number of benzene rings is 1. The van der Waals surface area contributed by atoms with E-state index in [0.717, 1.165) is 22.4 Å². The second-order valence-corrected chi connectivity index (χ2v) is 5.35. The van der Waals surface area contributed by atoms with Gasteiger partial charge in [0.25, 0.3) is 0 Å². The molecule has 1 aromatic carbocycles. The van der Waals surface area contributed by atoms with Crippen LogP contribution >= 0.6 is 0 Å². The highest BCUT2D eigenvalue weighted by Crippen LogP contribution is 2.21. The van der Waals surface area contributed by atoms with Crippen molar-refractivity contribution in [3.63, 3.8) is 0 Å². The first-order chi connectivity index (χ1) is 10.4. The Labute approximate surface area is 129 Å². The minimum Gasteiger partial charge on any atom is -0.317 e. The highest BCUT2D eigenvalue weighted by molar-refractivity contribution is 6.43. The first-order valence-electron chi connectivity index (χ1n) is 7.00. The fourth-order valence-electron chi connectivity index (χ4n) is 2.33. The van der Waals surface area contributed by atoms with Crippen molar-refractivity contribution in [3.8, 4) is 0 Å². The van der Waals surface area contributed by atoms with Crippen LogP contribution in [0.25, 0.3) is 0 Å². The van der Waals surface area contributed by atoms with Crippen LogP contribution in [0.1, 0.15) is 22.4 Å². The molecule has 2 aromatic rings. The molecule has 0 aliphatic heterocycles. The largest absolute Gasteiger partial charge is 0.317 e. The van der Waals surface area contributed by atoms with Crippen molar-refractivity contribution >= 4 is 23.3 Å². The molecule has 2 rings (SSSR count). The van der Waals surface area contributed by atoms with Gasteiger partial charge in [-0.2, -0.15) is 0 Å². The average Bonchev–Trinajstić information content (AvgIpc) is 2.42. The number of anilines is 2. The molecule has 2 N–H and O–H groups in total. The third kappa shape index (κ3) is 3.69.